The average molecular weight is 181 g/mol. The summed E-state index contributed by atoms with van der Waals surface area (Å²) in [7, 11) is 0. The largest absolute Gasteiger partial charge is 0.274 e. The molecule has 72 valence electrons. The van der Waals surface area contributed by atoms with Gasteiger partial charge in [0.15, 0.2) is 0 Å². The van der Waals surface area contributed by atoms with E-state index in [2.05, 4.69) is 16.6 Å². The summed E-state index contributed by atoms with van der Waals surface area (Å²) < 4.78 is 0. The second-order valence-electron chi connectivity index (χ2n) is 3.57. The fourth-order valence-electron chi connectivity index (χ4n) is 0.741. The second kappa shape index (κ2) is 5.31. The van der Waals surface area contributed by atoms with Gasteiger partial charge in [-0.1, -0.05) is 13.8 Å². The van der Waals surface area contributed by atoms with Crippen molar-refractivity contribution >= 4 is 12.1 Å². The van der Waals surface area contributed by atoms with Crippen molar-refractivity contribution < 1.29 is 4.79 Å². The van der Waals surface area contributed by atoms with Crippen LogP contribution in [0.3, 0.4) is 0 Å². The molecular formula is C9H15N3O. The Labute approximate surface area is 78.6 Å². The Morgan fingerprint density at radius 3 is 2.77 bits per heavy atom. The van der Waals surface area contributed by atoms with Crippen LogP contribution in [-0.2, 0) is 4.79 Å². The van der Waals surface area contributed by atoms with Crippen LogP contribution in [0, 0.1) is 16.7 Å². The minimum atomic E-state index is -0.188. The van der Waals surface area contributed by atoms with E-state index in [1.54, 1.807) is 6.21 Å². The van der Waals surface area contributed by atoms with Crippen LogP contribution in [-0.4, -0.2) is 12.1 Å². The van der Waals surface area contributed by atoms with E-state index < -0.39 is 0 Å². The van der Waals surface area contributed by atoms with Crippen molar-refractivity contribution in [3.05, 3.63) is 0 Å². The maximum absolute atomic E-state index is 10.5. The number of hydrogen-bond acceptors (Lipinski definition) is 3. The first-order valence-electron chi connectivity index (χ1n) is 4.16. The highest BCUT2D eigenvalue weighted by molar-refractivity contribution is 5.74. The molecule has 1 N–H and O–H groups in total. The Balaban J connectivity index is 3.94. The van der Waals surface area contributed by atoms with E-state index in [1.165, 1.54) is 6.92 Å². The van der Waals surface area contributed by atoms with Gasteiger partial charge >= 0.3 is 0 Å². The zero-order valence-electron chi connectivity index (χ0n) is 8.29. The van der Waals surface area contributed by atoms with Gasteiger partial charge in [-0.3, -0.25) is 4.79 Å². The molecule has 0 fully saturated rings. The second-order valence-corrected chi connectivity index (χ2v) is 3.57. The van der Waals surface area contributed by atoms with E-state index in [4.69, 9.17) is 5.26 Å². The zero-order chi connectivity index (χ0) is 10.3. The topological polar surface area (TPSA) is 65.2 Å². The van der Waals surface area contributed by atoms with Gasteiger partial charge < -0.3 is 0 Å². The number of carbonyl (C=O) groups excluding carboxylic acids is 1. The third kappa shape index (κ3) is 7.01. The van der Waals surface area contributed by atoms with Gasteiger partial charge in [0.1, 0.15) is 0 Å². The summed E-state index contributed by atoms with van der Waals surface area (Å²) in [5, 5.41) is 12.1. The molecule has 0 atom stereocenters. The Hall–Kier alpha value is -1.37. The van der Waals surface area contributed by atoms with Crippen LogP contribution in [0.15, 0.2) is 5.10 Å². The molecule has 1 amide bonds. The van der Waals surface area contributed by atoms with Crippen molar-refractivity contribution in [1.29, 1.82) is 5.26 Å². The van der Waals surface area contributed by atoms with Crippen LogP contribution in [0.5, 0.6) is 0 Å². The van der Waals surface area contributed by atoms with Crippen LogP contribution in [0.4, 0.5) is 0 Å². The molecule has 0 aromatic rings. The van der Waals surface area contributed by atoms with E-state index >= 15 is 0 Å². The first-order chi connectivity index (χ1) is 5.98. The summed E-state index contributed by atoms with van der Waals surface area (Å²) in [5.74, 6) is -0.188. The van der Waals surface area contributed by atoms with Crippen molar-refractivity contribution in [1.82, 2.24) is 5.43 Å². The number of amides is 1. The molecule has 0 aromatic carbocycles. The average Bonchev–Trinajstić information content (AvgIpc) is 2.00. The van der Waals surface area contributed by atoms with Crippen LogP contribution in [0.2, 0.25) is 0 Å². The molecule has 0 saturated carbocycles. The number of carbonyl (C=O) groups is 1. The van der Waals surface area contributed by atoms with Crippen molar-refractivity contribution in [2.45, 2.75) is 33.6 Å². The van der Waals surface area contributed by atoms with E-state index in [-0.39, 0.29) is 11.3 Å². The lowest BCUT2D eigenvalue weighted by atomic mass is 9.90. The van der Waals surface area contributed by atoms with Gasteiger partial charge in [-0.15, -0.1) is 0 Å². The molecule has 0 rings (SSSR count). The predicted molar refractivity (Wildman–Crippen MR) is 50.9 cm³/mol. The number of nitriles is 1. The van der Waals surface area contributed by atoms with Crippen LogP contribution < -0.4 is 5.43 Å². The highest BCUT2D eigenvalue weighted by Gasteiger charge is 2.13. The van der Waals surface area contributed by atoms with Crippen LogP contribution in [0.25, 0.3) is 0 Å². The molecule has 0 heterocycles. The minimum absolute atomic E-state index is 0.141. The van der Waals surface area contributed by atoms with Gasteiger partial charge in [-0.05, 0) is 6.42 Å². The summed E-state index contributed by atoms with van der Waals surface area (Å²) in [6.45, 7) is 5.34. The summed E-state index contributed by atoms with van der Waals surface area (Å²) in [6, 6.07) is 2.07. The molecule has 0 aliphatic heterocycles. The van der Waals surface area contributed by atoms with Crippen molar-refractivity contribution in [3.63, 3.8) is 0 Å². The quantitative estimate of drug-likeness (QED) is 0.526. The van der Waals surface area contributed by atoms with Gasteiger partial charge in [0.05, 0.1) is 6.07 Å². The Kier molecular flexibility index (Phi) is 4.75. The number of nitrogens with zero attached hydrogens (tertiary/aromatic N) is 2. The van der Waals surface area contributed by atoms with Crippen LogP contribution in [0.1, 0.15) is 33.6 Å². The van der Waals surface area contributed by atoms with Crippen molar-refractivity contribution in [3.8, 4) is 6.07 Å². The monoisotopic (exact) mass is 181 g/mol. The van der Waals surface area contributed by atoms with Gasteiger partial charge in [-0.25, -0.2) is 5.43 Å². The predicted octanol–water partition coefficient (Wildman–Crippen LogP) is 1.44. The summed E-state index contributed by atoms with van der Waals surface area (Å²) in [6.07, 6.45) is 2.90. The molecule has 13 heavy (non-hydrogen) atoms. The zero-order valence-corrected chi connectivity index (χ0v) is 8.29. The first kappa shape index (κ1) is 11.6. The number of hydrogen-bond donors (Lipinski definition) is 1. The maximum Gasteiger partial charge on any atom is 0.236 e. The number of hydrazone groups is 1. The molecule has 0 saturated heterocycles. The van der Waals surface area contributed by atoms with Crippen molar-refractivity contribution in [2.75, 3.05) is 0 Å². The van der Waals surface area contributed by atoms with E-state index in [9.17, 15) is 4.79 Å². The summed E-state index contributed by atoms with van der Waals surface area (Å²) in [5.41, 5.74) is 2.18. The molecule has 0 spiro atoms. The van der Waals surface area contributed by atoms with Crippen molar-refractivity contribution in [2.24, 2.45) is 10.5 Å². The number of rotatable bonds is 4. The van der Waals surface area contributed by atoms with Gasteiger partial charge in [0.2, 0.25) is 5.91 Å². The molecule has 4 nitrogen and oxygen atoms in total. The SMILES string of the molecule is CC(=O)N/N=C/C(C)(C)CCC#N. The molecule has 0 bridgehead atoms. The highest BCUT2D eigenvalue weighted by Crippen LogP contribution is 2.18. The molecule has 0 radical (unpaired) electrons. The molecule has 4 heteroatoms. The normalized spacial score (nSPS) is 11.2. The lowest BCUT2D eigenvalue weighted by Crippen LogP contribution is -2.18. The van der Waals surface area contributed by atoms with E-state index in [1.807, 2.05) is 13.8 Å². The van der Waals surface area contributed by atoms with Gasteiger partial charge in [-0.2, -0.15) is 10.4 Å². The lowest BCUT2D eigenvalue weighted by molar-refractivity contribution is -0.118. The maximum atomic E-state index is 10.5. The third-order valence-electron chi connectivity index (χ3n) is 1.52. The summed E-state index contributed by atoms with van der Waals surface area (Å²) in [4.78, 5) is 10.5. The Morgan fingerprint density at radius 1 is 1.69 bits per heavy atom. The molecule has 0 aliphatic rings. The summed E-state index contributed by atoms with van der Waals surface area (Å²) >= 11 is 0. The fourth-order valence-corrected chi connectivity index (χ4v) is 0.741. The van der Waals surface area contributed by atoms with Gasteiger partial charge in [0, 0.05) is 25.0 Å². The molecule has 0 unspecified atom stereocenters. The van der Waals surface area contributed by atoms with Gasteiger partial charge in [0.25, 0.3) is 0 Å². The molecule has 0 aromatic heterocycles. The standard InChI is InChI=1S/C9H15N3O/c1-8(13)12-11-7-9(2,3)5-4-6-10/h7H,4-5H2,1-3H3,(H,12,13)/b11-7+. The first-order valence-corrected chi connectivity index (χ1v) is 4.16. The highest BCUT2D eigenvalue weighted by atomic mass is 16.2. The Morgan fingerprint density at radius 2 is 2.31 bits per heavy atom. The van der Waals surface area contributed by atoms with E-state index in [0.717, 1.165) is 6.42 Å². The van der Waals surface area contributed by atoms with E-state index in [0.29, 0.717) is 6.42 Å². The molecule has 0 aliphatic carbocycles. The fraction of sp³-hybridized carbons (Fsp3) is 0.667. The number of nitrogens with one attached hydrogen (secondary N) is 1. The molecular weight excluding hydrogens is 166 g/mol. The smallest absolute Gasteiger partial charge is 0.236 e. The third-order valence-corrected chi connectivity index (χ3v) is 1.52. The Bertz CT molecular complexity index is 238. The lowest BCUT2D eigenvalue weighted by Gasteiger charge is -2.16. The van der Waals surface area contributed by atoms with Crippen LogP contribution >= 0.6 is 0 Å². The minimum Gasteiger partial charge on any atom is -0.274 e.